The molecule has 192 valence electrons. The van der Waals surface area contributed by atoms with Crippen molar-refractivity contribution in [3.8, 4) is 11.5 Å². The number of methoxy groups -OCH3 is 1. The maximum Gasteiger partial charge on any atom is 0.324 e. The fraction of sp³-hybridized carbons (Fsp3) is 0.519. The molecule has 0 bridgehead atoms. The highest BCUT2D eigenvalue weighted by molar-refractivity contribution is 7.92. The molecule has 0 amide bonds. The summed E-state index contributed by atoms with van der Waals surface area (Å²) in [5.74, 6) is 0.606. The number of carbonyl (C=O) groups excluding carboxylic acids is 1. The van der Waals surface area contributed by atoms with E-state index in [4.69, 9.17) is 14.2 Å². The SMILES string of the molecule is CCOC(=O)C(CCc1ccc(OCCC2CCCCCN2)cc1)S(=O)(=O)c1ccc(OC)cc1. The van der Waals surface area contributed by atoms with E-state index in [0.29, 0.717) is 24.8 Å². The number of hydrogen-bond acceptors (Lipinski definition) is 7. The van der Waals surface area contributed by atoms with Crippen molar-refractivity contribution < 1.29 is 27.4 Å². The molecule has 0 spiro atoms. The Labute approximate surface area is 209 Å². The molecule has 2 aromatic rings. The molecule has 0 aromatic heterocycles. The van der Waals surface area contributed by atoms with Crippen molar-refractivity contribution in [3.05, 3.63) is 54.1 Å². The highest BCUT2D eigenvalue weighted by Gasteiger charge is 2.35. The van der Waals surface area contributed by atoms with Crippen molar-refractivity contribution in [3.63, 3.8) is 0 Å². The summed E-state index contributed by atoms with van der Waals surface area (Å²) in [5.41, 5.74) is 0.932. The molecular weight excluding hydrogens is 466 g/mol. The Morgan fingerprint density at radius 2 is 1.74 bits per heavy atom. The second-order valence-corrected chi connectivity index (χ2v) is 10.9. The van der Waals surface area contributed by atoms with Crippen LogP contribution >= 0.6 is 0 Å². The number of esters is 1. The van der Waals surface area contributed by atoms with Crippen molar-refractivity contribution in [2.24, 2.45) is 0 Å². The maximum absolute atomic E-state index is 13.2. The average Bonchev–Trinajstić information content (AvgIpc) is 3.14. The van der Waals surface area contributed by atoms with E-state index in [1.165, 1.54) is 44.9 Å². The van der Waals surface area contributed by atoms with Crippen molar-refractivity contribution in [1.29, 1.82) is 0 Å². The monoisotopic (exact) mass is 503 g/mol. The van der Waals surface area contributed by atoms with Crippen LogP contribution in [0.1, 0.15) is 51.0 Å². The third kappa shape index (κ3) is 7.97. The van der Waals surface area contributed by atoms with Gasteiger partial charge in [-0.1, -0.05) is 25.0 Å². The molecule has 1 aliphatic heterocycles. The van der Waals surface area contributed by atoms with E-state index in [1.54, 1.807) is 19.1 Å². The van der Waals surface area contributed by atoms with E-state index in [9.17, 15) is 13.2 Å². The van der Waals surface area contributed by atoms with E-state index in [0.717, 1.165) is 24.3 Å². The van der Waals surface area contributed by atoms with Gasteiger partial charge in [0.1, 0.15) is 11.5 Å². The van der Waals surface area contributed by atoms with E-state index in [1.807, 2.05) is 24.3 Å². The molecule has 2 aromatic carbocycles. The minimum Gasteiger partial charge on any atom is -0.497 e. The van der Waals surface area contributed by atoms with Crippen molar-refractivity contribution in [2.45, 2.75) is 68.1 Å². The van der Waals surface area contributed by atoms with Crippen LogP contribution < -0.4 is 14.8 Å². The van der Waals surface area contributed by atoms with Gasteiger partial charge in [-0.3, -0.25) is 4.79 Å². The molecule has 2 atom stereocenters. The van der Waals surface area contributed by atoms with Gasteiger partial charge in [0.05, 0.1) is 25.2 Å². The van der Waals surface area contributed by atoms with Crippen LogP contribution in [0.5, 0.6) is 11.5 Å². The third-order valence-electron chi connectivity index (χ3n) is 6.33. The van der Waals surface area contributed by atoms with Gasteiger partial charge in [0.2, 0.25) is 0 Å². The minimum absolute atomic E-state index is 0.0725. The number of sulfone groups is 1. The quantitative estimate of drug-likeness (QED) is 0.431. The lowest BCUT2D eigenvalue weighted by Gasteiger charge is -2.17. The molecule has 7 nitrogen and oxygen atoms in total. The largest absolute Gasteiger partial charge is 0.497 e. The van der Waals surface area contributed by atoms with Gasteiger partial charge in [0.15, 0.2) is 15.1 Å². The number of carbonyl (C=O) groups is 1. The van der Waals surface area contributed by atoms with Crippen LogP contribution in [0.4, 0.5) is 0 Å². The van der Waals surface area contributed by atoms with Crippen LogP contribution in [0, 0.1) is 0 Å². The van der Waals surface area contributed by atoms with Crippen molar-refractivity contribution >= 4 is 15.8 Å². The van der Waals surface area contributed by atoms with Crippen LogP contribution in [0.3, 0.4) is 0 Å². The normalized spacial score (nSPS) is 17.3. The zero-order valence-corrected chi connectivity index (χ0v) is 21.5. The third-order valence-corrected chi connectivity index (χ3v) is 8.43. The summed E-state index contributed by atoms with van der Waals surface area (Å²) < 4.78 is 42.6. The molecule has 1 fully saturated rings. The van der Waals surface area contributed by atoms with Crippen LogP contribution in [-0.4, -0.2) is 52.5 Å². The number of ether oxygens (including phenoxy) is 3. The Bertz CT molecular complexity index is 1010. The zero-order chi connectivity index (χ0) is 25.1. The van der Waals surface area contributed by atoms with Crippen molar-refractivity contribution in [1.82, 2.24) is 5.32 Å². The van der Waals surface area contributed by atoms with E-state index in [-0.39, 0.29) is 17.9 Å². The van der Waals surface area contributed by atoms with Gasteiger partial charge in [-0.2, -0.15) is 0 Å². The molecule has 8 heteroatoms. The Morgan fingerprint density at radius 1 is 1.03 bits per heavy atom. The van der Waals surface area contributed by atoms with Gasteiger partial charge in [0, 0.05) is 6.04 Å². The average molecular weight is 504 g/mol. The van der Waals surface area contributed by atoms with Gasteiger partial charge in [-0.25, -0.2) is 8.42 Å². The molecule has 0 radical (unpaired) electrons. The Hall–Kier alpha value is -2.58. The van der Waals surface area contributed by atoms with E-state index in [2.05, 4.69) is 5.32 Å². The second kappa shape index (κ2) is 13.5. The molecule has 0 aliphatic carbocycles. The van der Waals surface area contributed by atoms with Crippen LogP contribution in [-0.2, 0) is 25.8 Å². The molecule has 1 saturated heterocycles. The highest BCUT2D eigenvalue weighted by Crippen LogP contribution is 2.24. The van der Waals surface area contributed by atoms with Gasteiger partial charge in [-0.05, 0) is 87.5 Å². The predicted octanol–water partition coefficient (Wildman–Crippen LogP) is 4.33. The van der Waals surface area contributed by atoms with Gasteiger partial charge < -0.3 is 19.5 Å². The van der Waals surface area contributed by atoms with Crippen molar-refractivity contribution in [2.75, 3.05) is 26.9 Å². The van der Waals surface area contributed by atoms with E-state index >= 15 is 0 Å². The summed E-state index contributed by atoms with van der Waals surface area (Å²) in [4.78, 5) is 12.7. The molecule has 2 unspecified atom stereocenters. The lowest BCUT2D eigenvalue weighted by molar-refractivity contribution is -0.142. The number of rotatable bonds is 12. The van der Waals surface area contributed by atoms with Gasteiger partial charge >= 0.3 is 5.97 Å². The Kier molecular flexibility index (Phi) is 10.4. The Balaban J connectivity index is 1.59. The summed E-state index contributed by atoms with van der Waals surface area (Å²) >= 11 is 0. The zero-order valence-electron chi connectivity index (χ0n) is 20.7. The standard InChI is InChI=1S/C27H37NO6S/c1-3-33-27(29)26(35(30,31)25-15-13-23(32-2)14-16-25)17-10-21-8-11-24(12-9-21)34-20-18-22-7-5-4-6-19-28-22/h8-9,11-16,22,26,28H,3-7,10,17-20H2,1-2H3. The fourth-order valence-corrected chi connectivity index (χ4v) is 5.87. The minimum atomic E-state index is -3.91. The first-order chi connectivity index (χ1) is 16.9. The maximum atomic E-state index is 13.2. The van der Waals surface area contributed by atoms with Gasteiger partial charge in [-0.15, -0.1) is 0 Å². The molecule has 1 N–H and O–H groups in total. The van der Waals surface area contributed by atoms with E-state index < -0.39 is 21.1 Å². The lowest BCUT2D eigenvalue weighted by Crippen LogP contribution is -2.32. The number of benzene rings is 2. The second-order valence-electron chi connectivity index (χ2n) is 8.78. The number of hydrogen-bond donors (Lipinski definition) is 1. The van der Waals surface area contributed by atoms with Crippen LogP contribution in [0.2, 0.25) is 0 Å². The van der Waals surface area contributed by atoms with Gasteiger partial charge in [0.25, 0.3) is 0 Å². The molecule has 3 rings (SSSR count). The lowest BCUT2D eigenvalue weighted by atomic mass is 10.1. The molecule has 0 saturated carbocycles. The van der Waals surface area contributed by atoms with Crippen LogP contribution in [0.25, 0.3) is 0 Å². The molecule has 1 aliphatic rings. The summed E-state index contributed by atoms with van der Waals surface area (Å²) in [5, 5.41) is 2.30. The first-order valence-electron chi connectivity index (χ1n) is 12.4. The highest BCUT2D eigenvalue weighted by atomic mass is 32.2. The van der Waals surface area contributed by atoms with Crippen LogP contribution in [0.15, 0.2) is 53.4 Å². The molecular formula is C27H37NO6S. The smallest absolute Gasteiger partial charge is 0.324 e. The number of nitrogens with one attached hydrogen (secondary N) is 1. The summed E-state index contributed by atoms with van der Waals surface area (Å²) in [7, 11) is -2.40. The summed E-state index contributed by atoms with van der Waals surface area (Å²) in [6.07, 6.45) is 6.54. The summed E-state index contributed by atoms with van der Waals surface area (Å²) in [6, 6.07) is 14.2. The first-order valence-corrected chi connectivity index (χ1v) is 14.0. The molecule has 35 heavy (non-hydrogen) atoms. The summed E-state index contributed by atoms with van der Waals surface area (Å²) in [6.45, 7) is 3.53. The first kappa shape index (κ1) is 27.0. The molecule has 1 heterocycles. The fourth-order valence-electron chi connectivity index (χ4n) is 4.28. The predicted molar refractivity (Wildman–Crippen MR) is 136 cm³/mol. The topological polar surface area (TPSA) is 90.9 Å². The number of aryl methyl sites for hydroxylation is 1. The Morgan fingerprint density at radius 3 is 2.43 bits per heavy atom.